The average Bonchev–Trinajstić information content (AvgIpc) is 2.71. The topological polar surface area (TPSA) is 55.4 Å². The molecule has 0 unspecified atom stereocenters. The minimum Gasteiger partial charge on any atom is -0.467 e. The number of amides is 1. The van der Waals surface area contributed by atoms with Crippen LogP contribution in [0.1, 0.15) is 56.1 Å². The largest absolute Gasteiger partial charge is 0.467 e. The summed E-state index contributed by atoms with van der Waals surface area (Å²) in [7, 11) is 1.36. The van der Waals surface area contributed by atoms with Crippen molar-refractivity contribution >= 4 is 11.9 Å². The molecule has 27 heavy (non-hydrogen) atoms. The van der Waals surface area contributed by atoms with E-state index in [2.05, 4.69) is 12.2 Å². The van der Waals surface area contributed by atoms with Gasteiger partial charge in [-0.3, -0.25) is 4.79 Å². The van der Waals surface area contributed by atoms with E-state index in [4.69, 9.17) is 4.74 Å². The Labute approximate surface area is 161 Å². The Morgan fingerprint density at radius 1 is 0.889 bits per heavy atom. The zero-order chi connectivity index (χ0) is 19.5. The van der Waals surface area contributed by atoms with Crippen LogP contribution in [0, 0.1) is 0 Å². The maximum atomic E-state index is 13.1. The van der Waals surface area contributed by atoms with Crippen LogP contribution < -0.4 is 5.32 Å². The third kappa shape index (κ3) is 6.24. The first-order chi connectivity index (χ1) is 13.2. The van der Waals surface area contributed by atoms with Gasteiger partial charge >= 0.3 is 5.97 Å². The van der Waals surface area contributed by atoms with E-state index < -0.39 is 12.0 Å². The first-order valence-electron chi connectivity index (χ1n) is 9.65. The number of hydrogen-bond donors (Lipinski definition) is 1. The maximum Gasteiger partial charge on any atom is 0.328 e. The van der Waals surface area contributed by atoms with Crippen molar-refractivity contribution in [1.29, 1.82) is 0 Å². The van der Waals surface area contributed by atoms with Crippen molar-refractivity contribution in [3.05, 3.63) is 71.8 Å². The Morgan fingerprint density at radius 2 is 1.44 bits per heavy atom. The molecule has 0 saturated heterocycles. The van der Waals surface area contributed by atoms with Gasteiger partial charge in [0.2, 0.25) is 5.91 Å². The van der Waals surface area contributed by atoms with Gasteiger partial charge < -0.3 is 10.1 Å². The number of esters is 1. The smallest absolute Gasteiger partial charge is 0.328 e. The number of carbonyl (C=O) groups excluding carboxylic acids is 2. The fraction of sp³-hybridized carbons (Fsp3) is 0.391. The average molecular weight is 367 g/mol. The summed E-state index contributed by atoms with van der Waals surface area (Å²) in [5, 5.41) is 2.93. The first-order valence-corrected chi connectivity index (χ1v) is 9.65. The van der Waals surface area contributed by atoms with Crippen molar-refractivity contribution in [2.24, 2.45) is 0 Å². The molecule has 0 radical (unpaired) electrons. The second-order valence-corrected chi connectivity index (χ2v) is 6.69. The van der Waals surface area contributed by atoms with E-state index in [1.165, 1.54) is 7.11 Å². The molecule has 0 heterocycles. The number of benzene rings is 2. The summed E-state index contributed by atoms with van der Waals surface area (Å²) in [5.74, 6) is -1.03. The highest BCUT2D eigenvalue weighted by atomic mass is 16.5. The highest BCUT2D eigenvalue weighted by Gasteiger charge is 2.28. The van der Waals surface area contributed by atoms with Crippen LogP contribution >= 0.6 is 0 Å². The van der Waals surface area contributed by atoms with Crippen molar-refractivity contribution in [3.63, 3.8) is 0 Å². The Morgan fingerprint density at radius 3 is 1.93 bits per heavy atom. The van der Waals surface area contributed by atoms with E-state index in [0.29, 0.717) is 6.42 Å². The zero-order valence-electron chi connectivity index (χ0n) is 16.2. The molecule has 0 aliphatic rings. The number of methoxy groups -OCH3 is 1. The fourth-order valence-corrected chi connectivity index (χ4v) is 3.21. The van der Waals surface area contributed by atoms with Gasteiger partial charge in [-0.1, -0.05) is 93.3 Å². The van der Waals surface area contributed by atoms with Crippen LogP contribution in [0.4, 0.5) is 0 Å². The molecule has 1 atom stereocenters. The van der Waals surface area contributed by atoms with Crippen LogP contribution in [0.2, 0.25) is 0 Å². The van der Waals surface area contributed by atoms with Gasteiger partial charge in [-0.05, 0) is 17.5 Å². The summed E-state index contributed by atoms with van der Waals surface area (Å²) in [4.78, 5) is 25.3. The molecular weight excluding hydrogens is 338 g/mol. The number of carbonyl (C=O) groups is 2. The predicted molar refractivity (Wildman–Crippen MR) is 107 cm³/mol. The van der Waals surface area contributed by atoms with Gasteiger partial charge in [-0.25, -0.2) is 4.79 Å². The lowest BCUT2D eigenvalue weighted by Gasteiger charge is -2.22. The lowest BCUT2D eigenvalue weighted by atomic mass is 9.90. The minimum absolute atomic E-state index is 0.182. The second-order valence-electron chi connectivity index (χ2n) is 6.69. The molecule has 1 N–H and O–H groups in total. The fourth-order valence-electron chi connectivity index (χ4n) is 3.21. The highest BCUT2D eigenvalue weighted by Crippen LogP contribution is 2.25. The van der Waals surface area contributed by atoms with Gasteiger partial charge in [0, 0.05) is 0 Å². The molecule has 0 fully saturated rings. The summed E-state index contributed by atoms with van der Waals surface area (Å²) >= 11 is 0. The lowest BCUT2D eigenvalue weighted by molar-refractivity contribution is -0.145. The van der Waals surface area contributed by atoms with Crippen molar-refractivity contribution in [2.45, 2.75) is 51.0 Å². The van der Waals surface area contributed by atoms with Gasteiger partial charge in [-0.15, -0.1) is 0 Å². The minimum atomic E-state index is -0.616. The van der Waals surface area contributed by atoms with Gasteiger partial charge in [-0.2, -0.15) is 0 Å². The summed E-state index contributed by atoms with van der Waals surface area (Å²) < 4.78 is 4.91. The molecule has 0 saturated carbocycles. The highest BCUT2D eigenvalue weighted by molar-refractivity contribution is 5.91. The standard InChI is InChI=1S/C23H29NO3/c1-3-4-5-12-17-20(23(26)27-2)24-22(25)21(18-13-8-6-9-14-18)19-15-10-7-11-16-19/h6-11,13-16,20-21H,3-5,12,17H2,1-2H3,(H,24,25)/t20-/m0/s1. The Hall–Kier alpha value is -2.62. The number of nitrogens with one attached hydrogen (secondary N) is 1. The SMILES string of the molecule is CCCCCC[C@H](NC(=O)C(c1ccccc1)c1ccccc1)C(=O)OC. The monoisotopic (exact) mass is 367 g/mol. The molecule has 0 aliphatic carbocycles. The summed E-state index contributed by atoms with van der Waals surface area (Å²) in [5.41, 5.74) is 1.80. The molecule has 0 aromatic heterocycles. The van der Waals surface area contributed by atoms with Gasteiger partial charge in [0.1, 0.15) is 6.04 Å². The summed E-state index contributed by atoms with van der Waals surface area (Å²) in [6, 6.07) is 18.6. The van der Waals surface area contributed by atoms with E-state index in [9.17, 15) is 9.59 Å². The molecule has 2 aromatic rings. The Balaban J connectivity index is 2.19. The van der Waals surface area contributed by atoms with E-state index >= 15 is 0 Å². The van der Waals surface area contributed by atoms with Crippen molar-refractivity contribution in [3.8, 4) is 0 Å². The van der Waals surface area contributed by atoms with Crippen LogP contribution in [-0.4, -0.2) is 25.0 Å². The maximum absolute atomic E-state index is 13.1. The number of rotatable bonds is 10. The first kappa shape index (κ1) is 20.7. The van der Waals surface area contributed by atoms with Crippen LogP contribution in [0.15, 0.2) is 60.7 Å². The van der Waals surface area contributed by atoms with Crippen molar-refractivity contribution in [1.82, 2.24) is 5.32 Å². The van der Waals surface area contributed by atoms with Gasteiger partial charge in [0.05, 0.1) is 13.0 Å². The number of ether oxygens (including phenoxy) is 1. The zero-order valence-corrected chi connectivity index (χ0v) is 16.2. The van der Waals surface area contributed by atoms with Crippen LogP contribution in [0.3, 0.4) is 0 Å². The van der Waals surface area contributed by atoms with Crippen molar-refractivity contribution < 1.29 is 14.3 Å². The van der Waals surface area contributed by atoms with Gasteiger partial charge in [0.25, 0.3) is 0 Å². The summed E-state index contributed by atoms with van der Waals surface area (Å²) in [6.07, 6.45) is 4.77. The quantitative estimate of drug-likeness (QED) is 0.499. The third-order valence-corrected chi connectivity index (χ3v) is 4.68. The second kappa shape index (κ2) is 11.2. The predicted octanol–water partition coefficient (Wildman–Crippen LogP) is 4.45. The Bertz CT molecular complexity index is 661. The van der Waals surface area contributed by atoms with Gasteiger partial charge in [0.15, 0.2) is 0 Å². The lowest BCUT2D eigenvalue weighted by Crippen LogP contribution is -2.43. The molecule has 144 valence electrons. The molecule has 2 aromatic carbocycles. The molecule has 4 nitrogen and oxygen atoms in total. The molecule has 2 rings (SSSR count). The van der Waals surface area contributed by atoms with E-state index in [0.717, 1.165) is 36.8 Å². The normalized spacial score (nSPS) is 11.8. The van der Waals surface area contributed by atoms with Crippen LogP contribution in [0.5, 0.6) is 0 Å². The molecule has 0 aliphatic heterocycles. The molecule has 0 spiro atoms. The molecule has 0 bridgehead atoms. The van der Waals surface area contributed by atoms with E-state index in [1.54, 1.807) is 0 Å². The number of unbranched alkanes of at least 4 members (excludes halogenated alkanes) is 3. The third-order valence-electron chi connectivity index (χ3n) is 4.68. The van der Waals surface area contributed by atoms with Crippen molar-refractivity contribution in [2.75, 3.05) is 7.11 Å². The molecule has 4 heteroatoms. The van der Waals surface area contributed by atoms with E-state index in [-0.39, 0.29) is 11.9 Å². The number of hydrogen-bond acceptors (Lipinski definition) is 3. The Kier molecular flexibility index (Phi) is 8.56. The summed E-state index contributed by atoms with van der Waals surface area (Å²) in [6.45, 7) is 2.14. The van der Waals surface area contributed by atoms with Crippen LogP contribution in [-0.2, 0) is 14.3 Å². The van der Waals surface area contributed by atoms with E-state index in [1.807, 2.05) is 60.7 Å². The molecule has 1 amide bonds. The van der Waals surface area contributed by atoms with Crippen LogP contribution in [0.25, 0.3) is 0 Å². The molecular formula is C23H29NO3.